The zero-order valence-corrected chi connectivity index (χ0v) is 13.4. The average Bonchev–Trinajstić information content (AvgIpc) is 2.57. The van der Waals surface area contributed by atoms with Crippen molar-refractivity contribution >= 4 is 11.6 Å². The molecular formula is C18H22N2O3. The van der Waals surface area contributed by atoms with E-state index in [1.807, 2.05) is 25.1 Å². The van der Waals surface area contributed by atoms with Crippen LogP contribution in [0.25, 0.3) is 0 Å². The second-order valence-corrected chi connectivity index (χ2v) is 5.19. The maximum absolute atomic E-state index is 11.9. The van der Waals surface area contributed by atoms with Gasteiger partial charge in [0.1, 0.15) is 17.2 Å². The summed E-state index contributed by atoms with van der Waals surface area (Å²) >= 11 is 0. The van der Waals surface area contributed by atoms with E-state index in [2.05, 4.69) is 5.32 Å². The smallest absolute Gasteiger partial charge is 0.241 e. The molecule has 0 spiro atoms. The fourth-order valence-corrected chi connectivity index (χ4v) is 2.08. The van der Waals surface area contributed by atoms with Crippen LogP contribution in [0.2, 0.25) is 0 Å². The molecule has 1 atom stereocenters. The molecule has 0 saturated carbocycles. The third-order valence-electron chi connectivity index (χ3n) is 3.34. The van der Waals surface area contributed by atoms with Crippen molar-refractivity contribution in [2.24, 2.45) is 5.73 Å². The average molecular weight is 314 g/mol. The van der Waals surface area contributed by atoms with Crippen LogP contribution in [0.5, 0.6) is 17.2 Å². The van der Waals surface area contributed by atoms with Gasteiger partial charge in [-0.15, -0.1) is 0 Å². The van der Waals surface area contributed by atoms with E-state index in [-0.39, 0.29) is 5.91 Å². The Morgan fingerprint density at radius 2 is 1.83 bits per heavy atom. The molecule has 2 aromatic carbocycles. The zero-order valence-electron chi connectivity index (χ0n) is 13.4. The summed E-state index contributed by atoms with van der Waals surface area (Å²) in [5.41, 5.74) is 6.48. The Morgan fingerprint density at radius 1 is 1.13 bits per heavy atom. The highest BCUT2D eigenvalue weighted by Gasteiger charge is 2.12. The van der Waals surface area contributed by atoms with Crippen LogP contribution in [0.1, 0.15) is 19.8 Å². The molecule has 3 N–H and O–H groups in total. The van der Waals surface area contributed by atoms with Crippen molar-refractivity contribution in [3.8, 4) is 17.2 Å². The van der Waals surface area contributed by atoms with Crippen molar-refractivity contribution in [3.63, 3.8) is 0 Å². The molecule has 0 aromatic heterocycles. The molecule has 23 heavy (non-hydrogen) atoms. The molecule has 5 nitrogen and oxygen atoms in total. The van der Waals surface area contributed by atoms with Gasteiger partial charge in [0, 0.05) is 11.8 Å². The molecule has 2 rings (SSSR count). The number of ether oxygens (including phenoxy) is 2. The predicted molar refractivity (Wildman–Crippen MR) is 91.0 cm³/mol. The standard InChI is InChI=1S/C18H22N2O3/c1-3-5-17(19)18(21)20-13-8-10-14(11-9-13)23-16-7-4-6-15(12-16)22-2/h4,6-12,17H,3,5,19H2,1-2H3,(H,20,21). The first-order chi connectivity index (χ1) is 11.1. The van der Waals surface area contributed by atoms with Crippen molar-refractivity contribution in [3.05, 3.63) is 48.5 Å². The third-order valence-corrected chi connectivity index (χ3v) is 3.34. The number of carbonyl (C=O) groups excluding carboxylic acids is 1. The van der Waals surface area contributed by atoms with Crippen LogP contribution in [-0.4, -0.2) is 19.1 Å². The first-order valence-corrected chi connectivity index (χ1v) is 7.60. The molecule has 0 radical (unpaired) electrons. The van der Waals surface area contributed by atoms with E-state index in [1.165, 1.54) is 0 Å². The van der Waals surface area contributed by atoms with Crippen LogP contribution in [0.3, 0.4) is 0 Å². The van der Waals surface area contributed by atoms with E-state index in [0.717, 1.165) is 12.2 Å². The number of carbonyl (C=O) groups is 1. The summed E-state index contributed by atoms with van der Waals surface area (Å²) in [6.45, 7) is 2.00. The van der Waals surface area contributed by atoms with Crippen LogP contribution in [0, 0.1) is 0 Å². The van der Waals surface area contributed by atoms with Crippen LogP contribution >= 0.6 is 0 Å². The van der Waals surface area contributed by atoms with E-state index in [4.69, 9.17) is 15.2 Å². The highest BCUT2D eigenvalue weighted by Crippen LogP contribution is 2.26. The number of nitrogens with one attached hydrogen (secondary N) is 1. The molecule has 1 amide bonds. The van der Waals surface area contributed by atoms with Crippen molar-refractivity contribution < 1.29 is 14.3 Å². The molecule has 0 fully saturated rings. The number of rotatable bonds is 7. The molecule has 0 heterocycles. The lowest BCUT2D eigenvalue weighted by Crippen LogP contribution is -2.35. The SMILES string of the molecule is CCCC(N)C(=O)Nc1ccc(Oc2cccc(OC)c2)cc1. The molecule has 0 aliphatic heterocycles. The molecular weight excluding hydrogens is 292 g/mol. The van der Waals surface area contributed by atoms with Gasteiger partial charge in [-0.3, -0.25) is 4.79 Å². The fraction of sp³-hybridized carbons (Fsp3) is 0.278. The van der Waals surface area contributed by atoms with Gasteiger partial charge in [0.05, 0.1) is 13.2 Å². The number of anilines is 1. The molecule has 5 heteroatoms. The largest absolute Gasteiger partial charge is 0.497 e. The molecule has 0 aliphatic rings. The van der Waals surface area contributed by atoms with Crippen molar-refractivity contribution in [1.29, 1.82) is 0 Å². The molecule has 1 unspecified atom stereocenters. The Morgan fingerprint density at radius 3 is 2.48 bits per heavy atom. The minimum absolute atomic E-state index is 0.173. The number of hydrogen-bond acceptors (Lipinski definition) is 4. The van der Waals surface area contributed by atoms with Gasteiger partial charge in [-0.1, -0.05) is 19.4 Å². The van der Waals surface area contributed by atoms with Gasteiger partial charge in [0.25, 0.3) is 0 Å². The third kappa shape index (κ3) is 5.00. The topological polar surface area (TPSA) is 73.6 Å². The first kappa shape index (κ1) is 16.8. The molecule has 122 valence electrons. The van der Waals surface area contributed by atoms with Gasteiger partial charge in [-0.05, 0) is 42.8 Å². The van der Waals surface area contributed by atoms with Crippen LogP contribution in [-0.2, 0) is 4.79 Å². The van der Waals surface area contributed by atoms with Gasteiger partial charge in [-0.2, -0.15) is 0 Å². The summed E-state index contributed by atoms with van der Waals surface area (Å²) in [5, 5.41) is 2.80. The van der Waals surface area contributed by atoms with Crippen LogP contribution < -0.4 is 20.5 Å². The summed E-state index contributed by atoms with van der Waals surface area (Å²) in [7, 11) is 1.61. The highest BCUT2D eigenvalue weighted by atomic mass is 16.5. The van der Waals surface area contributed by atoms with Gasteiger partial charge < -0.3 is 20.5 Å². The van der Waals surface area contributed by atoms with Gasteiger partial charge in [-0.25, -0.2) is 0 Å². The second-order valence-electron chi connectivity index (χ2n) is 5.19. The van der Waals surface area contributed by atoms with E-state index in [0.29, 0.717) is 23.6 Å². The minimum Gasteiger partial charge on any atom is -0.497 e. The second kappa shape index (κ2) is 8.19. The lowest BCUT2D eigenvalue weighted by Gasteiger charge is -2.12. The van der Waals surface area contributed by atoms with Gasteiger partial charge >= 0.3 is 0 Å². The zero-order chi connectivity index (χ0) is 16.7. The Hall–Kier alpha value is -2.53. The summed E-state index contributed by atoms with van der Waals surface area (Å²) in [5.74, 6) is 1.92. The number of nitrogens with two attached hydrogens (primary N) is 1. The molecule has 2 aromatic rings. The van der Waals surface area contributed by atoms with E-state index in [9.17, 15) is 4.79 Å². The van der Waals surface area contributed by atoms with Crippen LogP contribution in [0.15, 0.2) is 48.5 Å². The monoisotopic (exact) mass is 314 g/mol. The quantitative estimate of drug-likeness (QED) is 0.819. The number of amides is 1. The number of methoxy groups -OCH3 is 1. The lowest BCUT2D eigenvalue weighted by atomic mass is 10.1. The Balaban J connectivity index is 1.97. The summed E-state index contributed by atoms with van der Waals surface area (Å²) < 4.78 is 10.9. The normalized spacial score (nSPS) is 11.6. The van der Waals surface area contributed by atoms with E-state index >= 15 is 0 Å². The summed E-state index contributed by atoms with van der Waals surface area (Å²) in [4.78, 5) is 11.9. The lowest BCUT2D eigenvalue weighted by molar-refractivity contribution is -0.117. The van der Waals surface area contributed by atoms with E-state index < -0.39 is 6.04 Å². The minimum atomic E-state index is -0.479. The van der Waals surface area contributed by atoms with Crippen molar-refractivity contribution in [1.82, 2.24) is 0 Å². The Bertz CT molecular complexity index is 641. The van der Waals surface area contributed by atoms with Gasteiger partial charge in [0.2, 0.25) is 5.91 Å². The number of hydrogen-bond donors (Lipinski definition) is 2. The maximum atomic E-state index is 11.9. The fourth-order valence-electron chi connectivity index (χ4n) is 2.08. The predicted octanol–water partition coefficient (Wildman–Crippen LogP) is 3.55. The molecule has 0 saturated heterocycles. The molecule has 0 bridgehead atoms. The maximum Gasteiger partial charge on any atom is 0.241 e. The number of benzene rings is 2. The summed E-state index contributed by atoms with van der Waals surface area (Å²) in [6, 6.07) is 14.0. The first-order valence-electron chi connectivity index (χ1n) is 7.60. The Kier molecular flexibility index (Phi) is 6.00. The van der Waals surface area contributed by atoms with Gasteiger partial charge in [0.15, 0.2) is 0 Å². The van der Waals surface area contributed by atoms with Crippen molar-refractivity contribution in [2.75, 3.05) is 12.4 Å². The summed E-state index contributed by atoms with van der Waals surface area (Å²) in [6.07, 6.45) is 1.55. The van der Waals surface area contributed by atoms with Crippen LogP contribution in [0.4, 0.5) is 5.69 Å². The highest BCUT2D eigenvalue weighted by molar-refractivity contribution is 5.94. The molecule has 0 aliphatic carbocycles. The van der Waals surface area contributed by atoms with E-state index in [1.54, 1.807) is 37.4 Å². The Labute approximate surface area is 136 Å². The van der Waals surface area contributed by atoms with Crippen molar-refractivity contribution in [2.45, 2.75) is 25.8 Å².